The topological polar surface area (TPSA) is 12.0 Å². The lowest BCUT2D eigenvalue weighted by molar-refractivity contribution is 0.435. The summed E-state index contributed by atoms with van der Waals surface area (Å²) in [6.07, 6.45) is 1.21. The van der Waals surface area contributed by atoms with E-state index in [0.717, 1.165) is 0 Å². The van der Waals surface area contributed by atoms with Gasteiger partial charge in [0.05, 0.1) is 4.21 Å². The summed E-state index contributed by atoms with van der Waals surface area (Å²) >= 11 is 3.90. The van der Waals surface area contributed by atoms with Crippen molar-refractivity contribution in [3.05, 3.63) is 52.9 Å². The zero-order valence-corrected chi connectivity index (χ0v) is 12.9. The van der Waals surface area contributed by atoms with E-state index in [2.05, 4.69) is 60.9 Å². The van der Waals surface area contributed by atoms with E-state index in [1.165, 1.54) is 21.8 Å². The highest BCUT2D eigenvalue weighted by molar-refractivity contribution is 8.01. The first-order chi connectivity index (χ1) is 9.24. The zero-order chi connectivity index (χ0) is 13.2. The summed E-state index contributed by atoms with van der Waals surface area (Å²) in [5, 5.41) is 6.72. The monoisotopic (exact) mass is 289 g/mol. The molecule has 2 heterocycles. The molecule has 1 aliphatic heterocycles. The summed E-state index contributed by atoms with van der Waals surface area (Å²) in [5.74, 6) is 0. The Bertz CT molecular complexity index is 535. The van der Waals surface area contributed by atoms with Crippen LogP contribution in [0.4, 0.5) is 0 Å². The molecule has 1 aromatic heterocycles. The van der Waals surface area contributed by atoms with E-state index in [0.29, 0.717) is 17.3 Å². The fraction of sp³-hybridized carbons (Fsp3) is 0.375. The molecular formula is C16H19NS2. The second-order valence-electron chi connectivity index (χ2n) is 5.18. The van der Waals surface area contributed by atoms with Crippen molar-refractivity contribution in [3.63, 3.8) is 0 Å². The third-order valence-electron chi connectivity index (χ3n) is 3.66. The van der Waals surface area contributed by atoms with Gasteiger partial charge in [-0.2, -0.15) is 0 Å². The number of nitrogens with one attached hydrogen (secondary N) is 1. The molecule has 19 heavy (non-hydrogen) atoms. The van der Waals surface area contributed by atoms with Gasteiger partial charge in [-0.3, -0.25) is 0 Å². The maximum absolute atomic E-state index is 3.80. The lowest BCUT2D eigenvalue weighted by atomic mass is 10.0. The highest BCUT2D eigenvalue weighted by Gasteiger charge is 2.27. The molecule has 0 bridgehead atoms. The van der Waals surface area contributed by atoms with Crippen molar-refractivity contribution >= 4 is 23.1 Å². The molecule has 1 unspecified atom stereocenters. The Hall–Kier alpha value is -0.770. The van der Waals surface area contributed by atoms with Crippen LogP contribution in [-0.4, -0.2) is 5.25 Å². The van der Waals surface area contributed by atoms with Gasteiger partial charge in [0.25, 0.3) is 0 Å². The molecule has 0 saturated heterocycles. The van der Waals surface area contributed by atoms with Gasteiger partial charge in [-0.1, -0.05) is 37.3 Å². The van der Waals surface area contributed by atoms with Crippen LogP contribution in [0.3, 0.4) is 0 Å². The molecule has 100 valence electrons. The second-order valence-corrected chi connectivity index (χ2v) is 7.80. The number of thiophene rings is 1. The minimum absolute atomic E-state index is 0.397. The van der Waals surface area contributed by atoms with Gasteiger partial charge in [0.2, 0.25) is 0 Å². The van der Waals surface area contributed by atoms with Crippen molar-refractivity contribution in [2.75, 3.05) is 0 Å². The number of hydrogen-bond acceptors (Lipinski definition) is 3. The molecule has 0 spiro atoms. The van der Waals surface area contributed by atoms with Crippen LogP contribution < -0.4 is 5.32 Å². The van der Waals surface area contributed by atoms with Crippen LogP contribution in [-0.2, 0) is 0 Å². The highest BCUT2D eigenvalue weighted by Crippen LogP contribution is 2.44. The van der Waals surface area contributed by atoms with Crippen molar-refractivity contribution in [2.45, 2.75) is 41.8 Å². The number of thioether (sulfide) groups is 1. The predicted molar refractivity (Wildman–Crippen MR) is 85.0 cm³/mol. The summed E-state index contributed by atoms with van der Waals surface area (Å²) in [7, 11) is 0. The Morgan fingerprint density at radius 1 is 1.21 bits per heavy atom. The minimum atomic E-state index is 0.397. The third kappa shape index (κ3) is 2.88. The number of rotatable bonds is 3. The Kier molecular flexibility index (Phi) is 3.96. The number of benzene rings is 1. The average Bonchev–Trinajstić information content (AvgIpc) is 2.88. The standard InChI is InChI=1S/C16H19NS2/c1-11-10-15(14-8-9-18-16(14)19-11)17-12(2)13-6-4-3-5-7-13/h3-9,11-12,15,17H,10H2,1-2H3/t11-,12-,15?/m0/s1. The van der Waals surface area contributed by atoms with Crippen LogP contribution in [0.5, 0.6) is 0 Å². The quantitative estimate of drug-likeness (QED) is 0.851. The van der Waals surface area contributed by atoms with E-state index in [1.54, 1.807) is 0 Å². The van der Waals surface area contributed by atoms with Gasteiger partial charge in [-0.05, 0) is 35.9 Å². The smallest absolute Gasteiger partial charge is 0.0649 e. The van der Waals surface area contributed by atoms with Gasteiger partial charge in [0.15, 0.2) is 0 Å². The fourth-order valence-corrected chi connectivity index (χ4v) is 5.21. The average molecular weight is 289 g/mol. The van der Waals surface area contributed by atoms with Crippen LogP contribution in [0.15, 0.2) is 46.0 Å². The maximum atomic E-state index is 3.80. The summed E-state index contributed by atoms with van der Waals surface area (Å²) in [6.45, 7) is 4.59. The molecular weight excluding hydrogens is 270 g/mol. The molecule has 2 aromatic rings. The summed E-state index contributed by atoms with van der Waals surface area (Å²) < 4.78 is 1.50. The van der Waals surface area contributed by atoms with Gasteiger partial charge in [0, 0.05) is 17.3 Å². The van der Waals surface area contributed by atoms with E-state index in [-0.39, 0.29) is 0 Å². The van der Waals surface area contributed by atoms with E-state index >= 15 is 0 Å². The Balaban J connectivity index is 1.77. The number of fused-ring (bicyclic) bond motifs is 1. The molecule has 3 rings (SSSR count). The molecule has 3 atom stereocenters. The zero-order valence-electron chi connectivity index (χ0n) is 11.3. The Labute approximate surface area is 123 Å². The van der Waals surface area contributed by atoms with Crippen LogP contribution in [0.1, 0.15) is 43.5 Å². The van der Waals surface area contributed by atoms with E-state index in [1.807, 2.05) is 23.1 Å². The second kappa shape index (κ2) is 5.70. The largest absolute Gasteiger partial charge is 0.303 e. The molecule has 1 N–H and O–H groups in total. The summed E-state index contributed by atoms with van der Waals surface area (Å²) in [6, 6.07) is 13.9. The SMILES string of the molecule is C[C@H](NC1C[C@H](C)Sc2sccc21)c1ccccc1. The molecule has 3 heteroatoms. The lowest BCUT2D eigenvalue weighted by Crippen LogP contribution is -2.28. The molecule has 0 radical (unpaired) electrons. The highest BCUT2D eigenvalue weighted by atomic mass is 32.2. The lowest BCUT2D eigenvalue weighted by Gasteiger charge is -2.30. The summed E-state index contributed by atoms with van der Waals surface area (Å²) in [4.78, 5) is 0. The summed E-state index contributed by atoms with van der Waals surface area (Å²) in [5.41, 5.74) is 2.86. The predicted octanol–water partition coefficient (Wildman–Crippen LogP) is 5.02. The Morgan fingerprint density at radius 2 is 2.00 bits per heavy atom. The van der Waals surface area contributed by atoms with Crippen LogP contribution in [0, 0.1) is 0 Å². The first-order valence-corrected chi connectivity index (χ1v) is 8.55. The molecule has 1 aromatic carbocycles. The third-order valence-corrected chi connectivity index (χ3v) is 6.00. The van der Waals surface area contributed by atoms with E-state index in [9.17, 15) is 0 Å². The number of hydrogen-bond donors (Lipinski definition) is 1. The van der Waals surface area contributed by atoms with E-state index < -0.39 is 0 Å². The van der Waals surface area contributed by atoms with Crippen molar-refractivity contribution in [2.24, 2.45) is 0 Å². The van der Waals surface area contributed by atoms with Crippen LogP contribution >= 0.6 is 23.1 Å². The molecule has 0 fully saturated rings. The van der Waals surface area contributed by atoms with E-state index in [4.69, 9.17) is 0 Å². The van der Waals surface area contributed by atoms with Crippen molar-refractivity contribution in [1.82, 2.24) is 5.32 Å². The van der Waals surface area contributed by atoms with Gasteiger partial charge >= 0.3 is 0 Å². The van der Waals surface area contributed by atoms with Crippen molar-refractivity contribution < 1.29 is 0 Å². The maximum Gasteiger partial charge on any atom is 0.0649 e. The van der Waals surface area contributed by atoms with Crippen LogP contribution in [0.2, 0.25) is 0 Å². The van der Waals surface area contributed by atoms with Gasteiger partial charge < -0.3 is 5.32 Å². The van der Waals surface area contributed by atoms with Crippen LogP contribution in [0.25, 0.3) is 0 Å². The Morgan fingerprint density at radius 3 is 2.79 bits per heavy atom. The molecule has 0 saturated carbocycles. The molecule has 0 aliphatic carbocycles. The normalized spacial score (nSPS) is 23.9. The van der Waals surface area contributed by atoms with Crippen molar-refractivity contribution in [3.8, 4) is 0 Å². The first-order valence-electron chi connectivity index (χ1n) is 6.79. The first kappa shape index (κ1) is 13.2. The van der Waals surface area contributed by atoms with Gasteiger partial charge in [0.1, 0.15) is 0 Å². The van der Waals surface area contributed by atoms with Gasteiger partial charge in [-0.15, -0.1) is 23.1 Å². The van der Waals surface area contributed by atoms with Crippen molar-refractivity contribution in [1.29, 1.82) is 0 Å². The fourth-order valence-electron chi connectivity index (χ4n) is 2.65. The molecule has 1 nitrogen and oxygen atoms in total. The minimum Gasteiger partial charge on any atom is -0.303 e. The van der Waals surface area contributed by atoms with Gasteiger partial charge in [-0.25, -0.2) is 0 Å². The molecule has 0 amide bonds. The molecule has 1 aliphatic rings.